The summed E-state index contributed by atoms with van der Waals surface area (Å²) < 4.78 is 1.04. The fraction of sp³-hybridized carbons (Fsp3) is 0.267. The number of thiophene rings is 1. The highest BCUT2D eigenvalue weighted by Gasteiger charge is 2.31. The summed E-state index contributed by atoms with van der Waals surface area (Å²) in [5, 5.41) is 29.2. The molecule has 3 heterocycles. The Balaban J connectivity index is 2.21. The Morgan fingerprint density at radius 2 is 2.10 bits per heavy atom. The third-order valence-electron chi connectivity index (χ3n) is 3.67. The second-order valence-corrected chi connectivity index (χ2v) is 5.98. The van der Waals surface area contributed by atoms with Crippen molar-refractivity contribution in [2.75, 3.05) is 0 Å². The lowest BCUT2D eigenvalue weighted by Crippen LogP contribution is -2.24. The molecule has 104 valence electrons. The summed E-state index contributed by atoms with van der Waals surface area (Å²) >= 11 is 1.57. The number of dihydropyridines is 1. The van der Waals surface area contributed by atoms with Gasteiger partial charge in [-0.05, 0) is 19.4 Å². The minimum Gasteiger partial charge on any atom is -0.361 e. The molecular formula is C15H13N5S. The van der Waals surface area contributed by atoms with Crippen molar-refractivity contribution in [1.29, 1.82) is 10.5 Å². The van der Waals surface area contributed by atoms with Gasteiger partial charge in [-0.3, -0.25) is 5.10 Å². The number of allylic oxidation sites excluding steroid dienone is 4. The number of hydrogen-bond acceptors (Lipinski definition) is 5. The first-order valence-corrected chi connectivity index (χ1v) is 7.45. The summed E-state index contributed by atoms with van der Waals surface area (Å²) in [5.74, 6) is -0.276. The van der Waals surface area contributed by atoms with Crippen LogP contribution in [0.4, 0.5) is 0 Å². The van der Waals surface area contributed by atoms with Crippen LogP contribution in [0, 0.1) is 22.7 Å². The van der Waals surface area contributed by atoms with Crippen LogP contribution < -0.4 is 5.32 Å². The fourth-order valence-electron chi connectivity index (χ4n) is 2.65. The van der Waals surface area contributed by atoms with E-state index in [9.17, 15) is 10.5 Å². The molecule has 2 aromatic heterocycles. The smallest absolute Gasteiger partial charge is 0.0976 e. The molecule has 1 aliphatic heterocycles. The van der Waals surface area contributed by atoms with Crippen molar-refractivity contribution in [2.24, 2.45) is 0 Å². The van der Waals surface area contributed by atoms with Gasteiger partial charge in [-0.15, -0.1) is 11.3 Å². The molecule has 0 saturated carbocycles. The van der Waals surface area contributed by atoms with Crippen molar-refractivity contribution in [3.05, 3.63) is 39.7 Å². The van der Waals surface area contributed by atoms with Crippen molar-refractivity contribution < 1.29 is 0 Å². The van der Waals surface area contributed by atoms with Crippen LogP contribution in [0.3, 0.4) is 0 Å². The van der Waals surface area contributed by atoms with Crippen LogP contribution in [-0.2, 0) is 0 Å². The molecular weight excluding hydrogens is 282 g/mol. The Morgan fingerprint density at radius 3 is 2.71 bits per heavy atom. The van der Waals surface area contributed by atoms with Crippen molar-refractivity contribution in [2.45, 2.75) is 26.2 Å². The first kappa shape index (κ1) is 13.4. The van der Waals surface area contributed by atoms with Crippen LogP contribution in [0.2, 0.25) is 0 Å². The molecule has 1 atom stereocenters. The standard InChI is InChI=1S/C15H13N5S/c1-3-11-10(6-17)15(9(5-16)8(2)19-11)13-4-12-14(21-13)7-18-20-12/h4,7,15,19H,3H2,1-2H3,(H,18,20). The van der Waals surface area contributed by atoms with Gasteiger partial charge in [0.25, 0.3) is 0 Å². The highest BCUT2D eigenvalue weighted by molar-refractivity contribution is 7.19. The monoisotopic (exact) mass is 295 g/mol. The van der Waals surface area contributed by atoms with Crippen molar-refractivity contribution in [1.82, 2.24) is 15.5 Å². The largest absolute Gasteiger partial charge is 0.361 e. The maximum absolute atomic E-state index is 9.55. The number of nitrogens with one attached hydrogen (secondary N) is 2. The molecule has 6 heteroatoms. The normalized spacial score (nSPS) is 18.6. The molecule has 0 saturated heterocycles. The van der Waals surface area contributed by atoms with E-state index < -0.39 is 0 Å². The maximum atomic E-state index is 9.55. The molecule has 1 aliphatic rings. The number of nitriles is 2. The van der Waals surface area contributed by atoms with Gasteiger partial charge < -0.3 is 5.32 Å². The van der Waals surface area contributed by atoms with Crippen LogP contribution in [0.15, 0.2) is 34.8 Å². The number of fused-ring (bicyclic) bond motifs is 1. The Kier molecular flexibility index (Phi) is 3.25. The molecule has 0 spiro atoms. The van der Waals surface area contributed by atoms with Gasteiger partial charge >= 0.3 is 0 Å². The predicted molar refractivity (Wildman–Crippen MR) is 81.1 cm³/mol. The van der Waals surface area contributed by atoms with Crippen LogP contribution in [0.25, 0.3) is 10.2 Å². The summed E-state index contributed by atoms with van der Waals surface area (Å²) in [5.41, 5.74) is 3.92. The summed E-state index contributed by atoms with van der Waals surface area (Å²) in [6.45, 7) is 3.89. The number of hydrogen-bond donors (Lipinski definition) is 2. The number of rotatable bonds is 2. The Morgan fingerprint density at radius 1 is 1.33 bits per heavy atom. The zero-order valence-electron chi connectivity index (χ0n) is 11.7. The first-order valence-electron chi connectivity index (χ1n) is 6.63. The molecule has 0 radical (unpaired) electrons. The van der Waals surface area contributed by atoms with Gasteiger partial charge in [-0.2, -0.15) is 15.6 Å². The fourth-order valence-corrected chi connectivity index (χ4v) is 3.75. The minimum absolute atomic E-state index is 0.276. The van der Waals surface area contributed by atoms with Crippen molar-refractivity contribution >= 4 is 21.6 Å². The molecule has 1 unspecified atom stereocenters. The molecule has 0 fully saturated rings. The van der Waals surface area contributed by atoms with E-state index >= 15 is 0 Å². The second-order valence-electron chi connectivity index (χ2n) is 4.86. The van der Waals surface area contributed by atoms with Gasteiger partial charge in [0.15, 0.2) is 0 Å². The topological polar surface area (TPSA) is 88.3 Å². The molecule has 0 amide bonds. The van der Waals surface area contributed by atoms with Crippen LogP contribution in [-0.4, -0.2) is 10.2 Å². The maximum Gasteiger partial charge on any atom is 0.0976 e. The van der Waals surface area contributed by atoms with Crippen LogP contribution in [0.5, 0.6) is 0 Å². The van der Waals surface area contributed by atoms with E-state index in [4.69, 9.17) is 0 Å². The Labute approximate surface area is 126 Å². The predicted octanol–water partition coefficient (Wildman–Crippen LogP) is 3.30. The van der Waals surface area contributed by atoms with Gasteiger partial charge in [0.2, 0.25) is 0 Å². The zero-order chi connectivity index (χ0) is 15.0. The van der Waals surface area contributed by atoms with E-state index in [0.29, 0.717) is 11.1 Å². The third-order valence-corrected chi connectivity index (χ3v) is 4.80. The van der Waals surface area contributed by atoms with Crippen LogP contribution >= 0.6 is 11.3 Å². The van der Waals surface area contributed by atoms with E-state index in [-0.39, 0.29) is 5.92 Å². The number of aromatic amines is 1. The summed E-state index contributed by atoms with van der Waals surface area (Å²) in [6, 6.07) is 6.53. The molecule has 0 bridgehead atoms. The van der Waals surface area contributed by atoms with E-state index in [1.165, 1.54) is 0 Å². The van der Waals surface area contributed by atoms with Gasteiger partial charge in [0.05, 0.1) is 45.6 Å². The SMILES string of the molecule is CCC1=C(C#N)C(c2cc3[nH]ncc3s2)C(C#N)=C(C)N1. The summed E-state index contributed by atoms with van der Waals surface area (Å²) in [7, 11) is 0. The Hall–Kier alpha value is -2.57. The molecule has 2 aromatic rings. The molecule has 3 rings (SSSR count). The highest BCUT2D eigenvalue weighted by atomic mass is 32.1. The molecule has 2 N–H and O–H groups in total. The van der Waals surface area contributed by atoms with Gasteiger partial charge in [0, 0.05) is 16.3 Å². The number of H-pyrrole nitrogens is 1. The summed E-state index contributed by atoms with van der Waals surface area (Å²) in [4.78, 5) is 0.999. The summed E-state index contributed by atoms with van der Waals surface area (Å²) in [6.07, 6.45) is 2.50. The van der Waals surface area contributed by atoms with Gasteiger partial charge in [0.1, 0.15) is 0 Å². The van der Waals surface area contributed by atoms with Crippen LogP contribution in [0.1, 0.15) is 31.1 Å². The average Bonchev–Trinajstić information content (AvgIpc) is 3.06. The number of aromatic nitrogens is 2. The zero-order valence-corrected chi connectivity index (χ0v) is 12.5. The quantitative estimate of drug-likeness (QED) is 0.889. The average molecular weight is 295 g/mol. The van der Waals surface area contributed by atoms with Crippen molar-refractivity contribution in [3.63, 3.8) is 0 Å². The third kappa shape index (κ3) is 2.01. The molecule has 0 aromatic carbocycles. The van der Waals surface area contributed by atoms with Gasteiger partial charge in [-0.1, -0.05) is 6.92 Å². The lowest BCUT2D eigenvalue weighted by Gasteiger charge is -2.26. The van der Waals surface area contributed by atoms with Gasteiger partial charge in [-0.25, -0.2) is 0 Å². The lowest BCUT2D eigenvalue weighted by atomic mass is 9.85. The molecule has 0 aliphatic carbocycles. The van der Waals surface area contributed by atoms with E-state index in [0.717, 1.165) is 32.9 Å². The first-order chi connectivity index (χ1) is 10.2. The molecule has 5 nitrogen and oxygen atoms in total. The van der Waals surface area contributed by atoms with E-state index in [2.05, 4.69) is 27.7 Å². The van der Waals surface area contributed by atoms with Crippen molar-refractivity contribution in [3.8, 4) is 12.1 Å². The lowest BCUT2D eigenvalue weighted by molar-refractivity contribution is 0.784. The number of nitrogens with zero attached hydrogens (tertiary/aromatic N) is 3. The minimum atomic E-state index is -0.276. The second kappa shape index (κ2) is 5.08. The van der Waals surface area contributed by atoms with E-state index in [1.807, 2.05) is 19.9 Å². The van der Waals surface area contributed by atoms with E-state index in [1.54, 1.807) is 17.5 Å². The molecule has 21 heavy (non-hydrogen) atoms. The Bertz CT molecular complexity index is 824. The highest BCUT2D eigenvalue weighted by Crippen LogP contribution is 2.42.